The van der Waals surface area contributed by atoms with Crippen molar-refractivity contribution in [3.8, 4) is 0 Å². The number of nitrogens with two attached hydrogens (primary N) is 2. The number of benzene rings is 2. The second-order valence-electron chi connectivity index (χ2n) is 14.8. The number of anilines is 1. The summed E-state index contributed by atoms with van der Waals surface area (Å²) in [5.41, 5.74) is 14.3. The van der Waals surface area contributed by atoms with Crippen molar-refractivity contribution in [1.82, 2.24) is 20.9 Å². The van der Waals surface area contributed by atoms with Gasteiger partial charge >= 0.3 is 0 Å². The molecule has 0 radical (unpaired) electrons. The van der Waals surface area contributed by atoms with Gasteiger partial charge in [-0.25, -0.2) is 0 Å². The van der Waals surface area contributed by atoms with Gasteiger partial charge in [-0.3, -0.25) is 33.6 Å². The summed E-state index contributed by atoms with van der Waals surface area (Å²) in [7, 11) is 0. The summed E-state index contributed by atoms with van der Waals surface area (Å²) in [6, 6.07) is 14.7. The molecule has 0 bridgehead atoms. The first-order valence-corrected chi connectivity index (χ1v) is 19.4. The molecule has 1 aliphatic carbocycles. The van der Waals surface area contributed by atoms with Gasteiger partial charge in [0.1, 0.15) is 6.04 Å². The smallest absolute Gasteiger partial charge is 0.240 e. The van der Waals surface area contributed by atoms with Gasteiger partial charge in [-0.05, 0) is 66.7 Å². The van der Waals surface area contributed by atoms with E-state index in [0.29, 0.717) is 19.6 Å². The number of para-hydroxylation sites is 1. The minimum Gasteiger partial charge on any atom is -0.380 e. The topological polar surface area (TPSA) is 223 Å². The predicted molar refractivity (Wildman–Crippen MR) is 209 cm³/mol. The van der Waals surface area contributed by atoms with E-state index in [2.05, 4.69) is 22.0 Å². The molecule has 1 saturated carbocycles. The van der Waals surface area contributed by atoms with Gasteiger partial charge in [-0.1, -0.05) is 54.6 Å². The Balaban J connectivity index is 0.946. The fourth-order valence-corrected chi connectivity index (χ4v) is 7.69. The fraction of sp³-hybridized carbons (Fsp3) is 0.488. The van der Waals surface area contributed by atoms with Gasteiger partial charge in [0, 0.05) is 38.4 Å². The fourth-order valence-electron chi connectivity index (χ4n) is 7.69. The number of amides is 7. The average molecular weight is 772 g/mol. The second kappa shape index (κ2) is 19.8. The minimum absolute atomic E-state index is 0.00000417. The number of rotatable bonds is 16. The van der Waals surface area contributed by atoms with E-state index in [1.54, 1.807) is 0 Å². The Hall–Kier alpha value is -5.57. The molecule has 300 valence electrons. The number of piperidine rings is 1. The van der Waals surface area contributed by atoms with Gasteiger partial charge in [-0.15, -0.1) is 0 Å². The molecular formula is C41H53N7O8. The minimum atomic E-state index is -1.26. The van der Waals surface area contributed by atoms with Crippen molar-refractivity contribution in [1.29, 1.82) is 0 Å². The van der Waals surface area contributed by atoms with Crippen LogP contribution in [-0.4, -0.2) is 91.7 Å². The van der Waals surface area contributed by atoms with Crippen LogP contribution >= 0.6 is 0 Å². The lowest BCUT2D eigenvalue weighted by atomic mass is 9.65. The largest absolute Gasteiger partial charge is 0.380 e. The first-order chi connectivity index (χ1) is 26.9. The van der Waals surface area contributed by atoms with Crippen LogP contribution in [0.4, 0.5) is 5.69 Å². The van der Waals surface area contributed by atoms with E-state index in [9.17, 15) is 33.6 Å². The molecule has 56 heavy (non-hydrogen) atoms. The Morgan fingerprint density at radius 2 is 1.43 bits per heavy atom. The number of ether oxygens (including phenoxy) is 1. The molecule has 7 N–H and O–H groups in total. The van der Waals surface area contributed by atoms with Crippen molar-refractivity contribution in [3.05, 3.63) is 65.2 Å². The quantitative estimate of drug-likeness (QED) is 0.158. The molecule has 1 atom stereocenters. The van der Waals surface area contributed by atoms with Gasteiger partial charge in [-0.2, -0.15) is 0 Å². The van der Waals surface area contributed by atoms with Crippen molar-refractivity contribution in [2.45, 2.75) is 76.8 Å². The van der Waals surface area contributed by atoms with Gasteiger partial charge in [0.2, 0.25) is 41.4 Å². The highest BCUT2D eigenvalue weighted by atomic mass is 16.5. The molecule has 5 rings (SSSR count). The van der Waals surface area contributed by atoms with Gasteiger partial charge in [0.05, 0.1) is 44.8 Å². The van der Waals surface area contributed by atoms with Crippen LogP contribution in [0.5, 0.6) is 0 Å². The number of primary amides is 2. The lowest BCUT2D eigenvalue weighted by Gasteiger charge is -2.45. The molecule has 2 aromatic carbocycles. The number of nitrogens with one attached hydrogen (secondary N) is 3. The number of hydrogen-bond acceptors (Lipinski definition) is 8. The lowest BCUT2D eigenvalue weighted by Crippen LogP contribution is -2.49. The number of nitrogens with zero attached hydrogens (tertiary/aromatic N) is 2. The third-order valence-electron chi connectivity index (χ3n) is 11.1. The average Bonchev–Trinajstić information content (AvgIpc) is 3.17. The molecule has 7 amide bonds. The van der Waals surface area contributed by atoms with Crippen LogP contribution in [0, 0.1) is 11.3 Å². The number of likely N-dealkylation sites (tertiary alicyclic amines) is 1. The maximum Gasteiger partial charge on any atom is 0.240 e. The molecule has 2 aliphatic heterocycles. The van der Waals surface area contributed by atoms with E-state index >= 15 is 0 Å². The van der Waals surface area contributed by atoms with Crippen molar-refractivity contribution in [3.63, 3.8) is 0 Å². The maximum absolute atomic E-state index is 13.6. The zero-order chi connectivity index (χ0) is 40.1. The highest BCUT2D eigenvalue weighted by Crippen LogP contribution is 2.46. The first-order valence-electron chi connectivity index (χ1n) is 19.4. The number of carbonyl (C=O) groups excluding carboxylic acids is 7. The van der Waals surface area contributed by atoms with E-state index in [0.717, 1.165) is 60.9 Å². The van der Waals surface area contributed by atoms with Crippen molar-refractivity contribution in [2.75, 3.05) is 44.3 Å². The second-order valence-corrected chi connectivity index (χ2v) is 14.8. The van der Waals surface area contributed by atoms with Crippen LogP contribution in [-0.2, 0) is 44.8 Å². The van der Waals surface area contributed by atoms with Crippen molar-refractivity contribution < 1.29 is 38.3 Å². The zero-order valence-electron chi connectivity index (χ0n) is 31.8. The Morgan fingerprint density at radius 3 is 2.14 bits per heavy atom. The SMILES string of the molecule is NC(=O)C[C@H](NC(=O)CNC(=O)CCOCCC(=O)N1CCC2(CCC(C(=O)NCCC(=O)N3Cc4ccccc4/C=C\c4ccccc43)CC2)CC1)C(N)=O. The van der Waals surface area contributed by atoms with Crippen molar-refractivity contribution in [2.24, 2.45) is 22.8 Å². The van der Waals surface area contributed by atoms with Crippen LogP contribution in [0.15, 0.2) is 48.5 Å². The third-order valence-corrected chi connectivity index (χ3v) is 11.1. The molecule has 2 fully saturated rings. The molecule has 15 nitrogen and oxygen atoms in total. The third kappa shape index (κ3) is 11.7. The van der Waals surface area contributed by atoms with Crippen LogP contribution in [0.2, 0.25) is 0 Å². The highest BCUT2D eigenvalue weighted by Gasteiger charge is 2.40. The Kier molecular flexibility index (Phi) is 14.7. The molecule has 15 heteroatoms. The molecular weight excluding hydrogens is 718 g/mol. The zero-order valence-corrected chi connectivity index (χ0v) is 31.8. The summed E-state index contributed by atoms with van der Waals surface area (Å²) in [5.74, 6) is -3.03. The van der Waals surface area contributed by atoms with Crippen molar-refractivity contribution >= 4 is 59.2 Å². The van der Waals surface area contributed by atoms with E-state index < -0.39 is 42.6 Å². The molecule has 3 aliphatic rings. The van der Waals surface area contributed by atoms with E-state index in [-0.39, 0.29) is 68.1 Å². The summed E-state index contributed by atoms with van der Waals surface area (Å²) in [5, 5.41) is 7.67. The summed E-state index contributed by atoms with van der Waals surface area (Å²) >= 11 is 0. The van der Waals surface area contributed by atoms with E-state index in [1.165, 1.54) is 0 Å². The van der Waals surface area contributed by atoms with Gasteiger partial charge < -0.3 is 42.0 Å². The number of fused-ring (bicyclic) bond motifs is 2. The Labute approximate surface area is 326 Å². The Morgan fingerprint density at radius 1 is 0.768 bits per heavy atom. The number of carbonyl (C=O) groups is 7. The highest BCUT2D eigenvalue weighted by molar-refractivity contribution is 5.97. The van der Waals surface area contributed by atoms with Crippen LogP contribution in [0.3, 0.4) is 0 Å². The monoisotopic (exact) mass is 771 g/mol. The first kappa shape index (κ1) is 41.6. The normalized spacial score (nSPS) is 17.3. The van der Waals surface area contributed by atoms with Crippen LogP contribution < -0.4 is 32.3 Å². The standard InChI is InChI=1S/C41H53N7O8/c42-34(49)25-32(39(43)54)46-36(51)26-45-35(50)14-23-56-24-15-37(52)47-21-18-41(19-22-47)16-11-30(12-17-41)40(55)44-20-13-38(53)48-27-31-7-2-1-5-28(31)9-10-29-6-3-4-8-33(29)48/h1-10,30,32H,11-27H2,(H2,42,49)(H2,43,54)(H,44,55)(H,45,50)(H,46,51)/b10-9-/t32-/m0/s1. The summed E-state index contributed by atoms with van der Waals surface area (Å²) in [6.45, 7) is 1.83. The maximum atomic E-state index is 13.6. The lowest BCUT2D eigenvalue weighted by molar-refractivity contribution is -0.135. The van der Waals surface area contributed by atoms with Crippen LogP contribution in [0.1, 0.15) is 80.9 Å². The molecule has 0 unspecified atom stereocenters. The predicted octanol–water partition coefficient (Wildman–Crippen LogP) is 1.77. The molecule has 2 heterocycles. The molecule has 1 saturated heterocycles. The number of hydrogen-bond donors (Lipinski definition) is 5. The van der Waals surface area contributed by atoms with Crippen LogP contribution in [0.25, 0.3) is 12.2 Å². The molecule has 1 spiro atoms. The summed E-state index contributed by atoms with van der Waals surface area (Å²) < 4.78 is 5.48. The van der Waals surface area contributed by atoms with Gasteiger partial charge in [0.25, 0.3) is 0 Å². The summed E-state index contributed by atoms with van der Waals surface area (Å²) in [6.07, 6.45) is 9.22. The van der Waals surface area contributed by atoms with E-state index in [4.69, 9.17) is 16.2 Å². The molecule has 2 aromatic rings. The molecule has 0 aromatic heterocycles. The Bertz CT molecular complexity index is 1800. The van der Waals surface area contributed by atoms with E-state index in [1.807, 2.05) is 64.4 Å². The van der Waals surface area contributed by atoms with Gasteiger partial charge in [0.15, 0.2) is 0 Å². The summed E-state index contributed by atoms with van der Waals surface area (Å²) in [4.78, 5) is 89.6.